The van der Waals surface area contributed by atoms with Gasteiger partial charge in [-0.15, -0.1) is 5.10 Å². The second kappa shape index (κ2) is 30.4. The molecular formula is C41H57FN10O17. The van der Waals surface area contributed by atoms with Crippen molar-refractivity contribution in [2.45, 2.75) is 120 Å². The number of aryl methyl sites for hydroxylation is 1. The molecular weight excluding hydrogens is 924 g/mol. The Hall–Kier alpha value is -7.94. The second-order valence-electron chi connectivity index (χ2n) is 15.4. The molecule has 1 aromatic heterocycles. The fourth-order valence-corrected chi connectivity index (χ4v) is 6.27. The highest BCUT2D eigenvalue weighted by molar-refractivity contribution is 5.95. The van der Waals surface area contributed by atoms with Gasteiger partial charge in [-0.05, 0) is 88.5 Å². The molecule has 0 bridgehead atoms. The minimum absolute atomic E-state index is 0.00152. The number of aliphatic carboxylic acids is 6. The topological polar surface area (TPSA) is 424 Å². The molecule has 0 aliphatic heterocycles. The van der Waals surface area contributed by atoms with Crippen molar-refractivity contribution >= 4 is 65.6 Å². The molecule has 69 heavy (non-hydrogen) atoms. The number of nitrogens with zero attached hydrogens (tertiary/aromatic N) is 3. The molecule has 0 saturated heterocycles. The molecule has 13 N–H and O–H groups in total. The summed E-state index contributed by atoms with van der Waals surface area (Å²) in [4.78, 5) is 132. The fourth-order valence-electron chi connectivity index (χ4n) is 6.27. The molecule has 0 radical (unpaired) electrons. The number of amides is 7. The van der Waals surface area contributed by atoms with Crippen molar-refractivity contribution in [2.24, 2.45) is 0 Å². The zero-order valence-corrected chi connectivity index (χ0v) is 37.2. The smallest absolute Gasteiger partial charge is 0.326 e. The highest BCUT2D eigenvalue weighted by Crippen LogP contribution is 2.12. The molecule has 380 valence electrons. The van der Waals surface area contributed by atoms with E-state index < -0.39 is 141 Å². The lowest BCUT2D eigenvalue weighted by atomic mass is 10.1. The Morgan fingerprint density at radius 3 is 1.36 bits per heavy atom. The largest absolute Gasteiger partial charge is 0.481 e. The van der Waals surface area contributed by atoms with Gasteiger partial charge in [0.1, 0.15) is 24.2 Å². The lowest BCUT2D eigenvalue weighted by molar-refractivity contribution is -0.142. The molecule has 2 aromatic rings. The SMILES string of the molecule is O=C(O)CCC(NC(=O)NC(CCCCNC(=O)CC(CC(=O)NCCCCC(NC(=O)NC(CCC(=O)O)C(=O)O)C(=O)O)NC(=O)c1ccc(-n2cc(CCCF)nn2)cc1)C(=O)O)C(=O)O. The summed E-state index contributed by atoms with van der Waals surface area (Å²) in [7, 11) is 0. The number of hydrogen-bond acceptors (Lipinski definition) is 13. The number of unbranched alkanes of at least 4 members (excludes halogenated alkanes) is 2. The molecule has 7 amide bonds. The lowest BCUT2D eigenvalue weighted by Crippen LogP contribution is -2.51. The third-order valence-electron chi connectivity index (χ3n) is 9.89. The molecule has 0 aliphatic rings. The molecule has 28 heteroatoms. The molecule has 0 fully saturated rings. The summed E-state index contributed by atoms with van der Waals surface area (Å²) in [5.41, 5.74) is 1.24. The molecule has 4 unspecified atom stereocenters. The summed E-state index contributed by atoms with van der Waals surface area (Å²) < 4.78 is 14.0. The molecule has 1 heterocycles. The third kappa shape index (κ3) is 23.4. The number of carbonyl (C=O) groups excluding carboxylic acids is 5. The number of urea groups is 2. The maximum Gasteiger partial charge on any atom is 0.326 e. The summed E-state index contributed by atoms with van der Waals surface area (Å²) >= 11 is 0. The van der Waals surface area contributed by atoms with Gasteiger partial charge in [0.05, 0.1) is 24.3 Å². The molecule has 2 rings (SSSR count). The third-order valence-corrected chi connectivity index (χ3v) is 9.89. The molecule has 0 saturated carbocycles. The Morgan fingerprint density at radius 2 is 0.971 bits per heavy atom. The molecule has 0 spiro atoms. The molecule has 1 aromatic carbocycles. The van der Waals surface area contributed by atoms with Crippen molar-refractivity contribution in [3.8, 4) is 5.69 Å². The van der Waals surface area contributed by atoms with Crippen LogP contribution in [0.3, 0.4) is 0 Å². The van der Waals surface area contributed by atoms with E-state index in [2.05, 4.69) is 36.9 Å². The van der Waals surface area contributed by atoms with Gasteiger partial charge >= 0.3 is 47.9 Å². The van der Waals surface area contributed by atoms with Gasteiger partial charge in [0.2, 0.25) is 11.8 Å². The van der Waals surface area contributed by atoms with Crippen molar-refractivity contribution in [3.63, 3.8) is 0 Å². The van der Waals surface area contributed by atoms with Gasteiger partial charge in [0.25, 0.3) is 5.91 Å². The number of rotatable bonds is 34. The Labute approximate surface area is 392 Å². The van der Waals surface area contributed by atoms with Crippen LogP contribution >= 0.6 is 0 Å². The van der Waals surface area contributed by atoms with E-state index in [1.807, 2.05) is 10.6 Å². The van der Waals surface area contributed by atoms with Crippen LogP contribution in [0.5, 0.6) is 0 Å². The van der Waals surface area contributed by atoms with Gasteiger partial charge in [-0.2, -0.15) is 0 Å². The van der Waals surface area contributed by atoms with Crippen LogP contribution in [0.2, 0.25) is 0 Å². The number of aromatic nitrogens is 3. The Bertz CT molecular complexity index is 2010. The second-order valence-corrected chi connectivity index (χ2v) is 15.4. The van der Waals surface area contributed by atoms with E-state index in [4.69, 9.17) is 10.2 Å². The maximum absolute atomic E-state index is 13.4. The Balaban J connectivity index is 2.01. The van der Waals surface area contributed by atoms with Crippen molar-refractivity contribution in [3.05, 3.63) is 41.7 Å². The van der Waals surface area contributed by atoms with E-state index in [1.54, 1.807) is 18.3 Å². The lowest BCUT2D eigenvalue weighted by Gasteiger charge is -2.19. The molecule has 4 atom stereocenters. The van der Waals surface area contributed by atoms with Gasteiger partial charge < -0.3 is 67.9 Å². The first-order chi connectivity index (χ1) is 32.7. The fraction of sp³-hybridized carbons (Fsp3) is 0.537. The van der Waals surface area contributed by atoms with Crippen LogP contribution in [0.4, 0.5) is 14.0 Å². The number of benzene rings is 1. The molecule has 27 nitrogen and oxygen atoms in total. The van der Waals surface area contributed by atoms with Gasteiger partial charge in [-0.1, -0.05) is 5.21 Å². The first-order valence-corrected chi connectivity index (χ1v) is 21.6. The van der Waals surface area contributed by atoms with E-state index in [0.717, 1.165) is 0 Å². The number of halogens is 1. The van der Waals surface area contributed by atoms with Crippen LogP contribution in [0, 0.1) is 0 Å². The summed E-state index contributed by atoms with van der Waals surface area (Å²) in [6.07, 6.45) is -0.207. The van der Waals surface area contributed by atoms with Crippen molar-refractivity contribution < 1.29 is 87.8 Å². The number of alkyl halides is 1. The van der Waals surface area contributed by atoms with Gasteiger partial charge in [-0.25, -0.2) is 33.4 Å². The highest BCUT2D eigenvalue weighted by atomic mass is 19.1. The van der Waals surface area contributed by atoms with Crippen molar-refractivity contribution in [2.75, 3.05) is 19.8 Å². The molecule has 0 aliphatic carbocycles. The van der Waals surface area contributed by atoms with Crippen LogP contribution < -0.4 is 37.2 Å². The van der Waals surface area contributed by atoms with Crippen LogP contribution in [0.1, 0.15) is 99.5 Å². The van der Waals surface area contributed by atoms with E-state index in [1.165, 1.54) is 16.8 Å². The zero-order chi connectivity index (χ0) is 51.5. The summed E-state index contributed by atoms with van der Waals surface area (Å²) in [5.74, 6) is -10.4. The minimum atomic E-state index is -1.59. The summed E-state index contributed by atoms with van der Waals surface area (Å²) in [6, 6.07) is -3.45. The Morgan fingerprint density at radius 1 is 0.551 bits per heavy atom. The van der Waals surface area contributed by atoms with Crippen molar-refractivity contribution in [1.82, 2.24) is 52.2 Å². The first kappa shape index (κ1) is 57.2. The standard InChI is InChI=1S/C41H57FN10O17/c42-17-5-6-24-22-52(51-50-24)26-11-9-23(10-12-26)35(59)45-25(20-31(53)43-18-3-1-7-27(36(60)61)46-40(68)48-29(38(64)65)13-15-33(55)56)21-32(54)44-19-4-2-8-28(37(62)63)47-41(69)49-30(39(66)67)14-16-34(57)58/h9-12,22,25,27-30H,1-8,13-21H2,(H,43,53)(H,44,54)(H,45,59)(H,55,56)(H,57,58)(H,60,61)(H,62,63)(H,64,65)(H,66,67)(H2,46,48,68)(H2,47,49,69). The predicted molar refractivity (Wildman–Crippen MR) is 233 cm³/mol. The summed E-state index contributed by atoms with van der Waals surface area (Å²) in [5, 5.41) is 79.4. The van der Waals surface area contributed by atoms with Crippen LogP contribution in [0.15, 0.2) is 30.5 Å². The van der Waals surface area contributed by atoms with Gasteiger partial charge in [-0.3, -0.25) is 28.4 Å². The Kier molecular flexibility index (Phi) is 25.2. The summed E-state index contributed by atoms with van der Waals surface area (Å²) in [6.45, 7) is -0.522. The van der Waals surface area contributed by atoms with Gasteiger partial charge in [0, 0.05) is 50.4 Å². The zero-order valence-electron chi connectivity index (χ0n) is 37.2. The van der Waals surface area contributed by atoms with Crippen LogP contribution in [0.25, 0.3) is 5.69 Å². The van der Waals surface area contributed by atoms with E-state index in [0.29, 0.717) is 17.8 Å². The van der Waals surface area contributed by atoms with Crippen LogP contribution in [-0.2, 0) is 44.8 Å². The average Bonchev–Trinajstić information content (AvgIpc) is 3.76. The average molecular weight is 981 g/mol. The van der Waals surface area contributed by atoms with Crippen molar-refractivity contribution in [1.29, 1.82) is 0 Å². The van der Waals surface area contributed by atoms with E-state index in [9.17, 15) is 77.6 Å². The number of carboxylic acid groups (broad SMARTS) is 6. The predicted octanol–water partition coefficient (Wildman–Crippen LogP) is -0.238. The monoisotopic (exact) mass is 980 g/mol. The van der Waals surface area contributed by atoms with Crippen LogP contribution in [-0.4, -0.2) is 161 Å². The highest BCUT2D eigenvalue weighted by Gasteiger charge is 2.27. The first-order valence-electron chi connectivity index (χ1n) is 21.6. The maximum atomic E-state index is 13.4. The van der Waals surface area contributed by atoms with E-state index in [-0.39, 0.29) is 63.6 Å². The quantitative estimate of drug-likeness (QED) is 0.0403. The number of carboxylic acids is 6. The van der Waals surface area contributed by atoms with Gasteiger partial charge in [0.15, 0.2) is 0 Å². The van der Waals surface area contributed by atoms with E-state index >= 15 is 0 Å². The minimum Gasteiger partial charge on any atom is -0.481 e. The number of hydrogen-bond donors (Lipinski definition) is 13. The number of nitrogens with one attached hydrogen (secondary N) is 7. The normalized spacial score (nSPS) is 12.9. The number of carbonyl (C=O) groups is 11.